The van der Waals surface area contributed by atoms with Gasteiger partial charge >= 0.3 is 0 Å². The zero-order valence-corrected chi connectivity index (χ0v) is 12.3. The van der Waals surface area contributed by atoms with Gasteiger partial charge < -0.3 is 0 Å². The summed E-state index contributed by atoms with van der Waals surface area (Å²) in [4.78, 5) is 2.71. The first-order valence-electron chi connectivity index (χ1n) is 6.69. The zero-order valence-electron chi connectivity index (χ0n) is 10.6. The smallest absolute Gasteiger partial charge is 0.0557 e. The van der Waals surface area contributed by atoms with Crippen molar-refractivity contribution in [2.75, 3.05) is 18.8 Å². The van der Waals surface area contributed by atoms with E-state index in [1.165, 1.54) is 44.5 Å². The molecule has 0 aromatic rings. The molecular formula is C13H25NS2. The van der Waals surface area contributed by atoms with Crippen LogP contribution in [0.3, 0.4) is 0 Å². The highest BCUT2D eigenvalue weighted by Gasteiger charge is 2.28. The molecule has 1 nitrogen and oxygen atoms in total. The van der Waals surface area contributed by atoms with Gasteiger partial charge in [-0.25, -0.2) is 0 Å². The summed E-state index contributed by atoms with van der Waals surface area (Å²) in [5, 5.41) is 1.38. The molecule has 94 valence electrons. The molecule has 0 amide bonds. The second-order valence-corrected chi connectivity index (χ2v) is 7.69. The van der Waals surface area contributed by atoms with Gasteiger partial charge in [-0.3, -0.25) is 4.90 Å². The van der Waals surface area contributed by atoms with Crippen molar-refractivity contribution < 1.29 is 0 Å². The molecule has 0 aliphatic carbocycles. The van der Waals surface area contributed by atoms with Gasteiger partial charge in [-0.1, -0.05) is 13.8 Å². The van der Waals surface area contributed by atoms with Gasteiger partial charge in [0.25, 0.3) is 0 Å². The van der Waals surface area contributed by atoms with Crippen LogP contribution in [0.1, 0.15) is 39.5 Å². The van der Waals surface area contributed by atoms with Crippen LogP contribution in [-0.2, 0) is 0 Å². The van der Waals surface area contributed by atoms with Crippen LogP contribution in [0.5, 0.6) is 0 Å². The summed E-state index contributed by atoms with van der Waals surface area (Å²) < 4.78 is 0. The molecule has 2 fully saturated rings. The van der Waals surface area contributed by atoms with E-state index in [1.54, 1.807) is 0 Å². The highest BCUT2D eigenvalue weighted by atomic mass is 32.2. The van der Waals surface area contributed by atoms with E-state index in [4.69, 9.17) is 12.6 Å². The lowest BCUT2D eigenvalue weighted by Gasteiger charge is -2.35. The van der Waals surface area contributed by atoms with Crippen LogP contribution in [0.2, 0.25) is 0 Å². The van der Waals surface area contributed by atoms with Crippen molar-refractivity contribution in [3.8, 4) is 0 Å². The summed E-state index contributed by atoms with van der Waals surface area (Å²) >= 11 is 6.92. The lowest BCUT2D eigenvalue weighted by Crippen LogP contribution is -2.39. The predicted octanol–water partition coefficient (Wildman–Crippen LogP) is 3.51. The Morgan fingerprint density at radius 2 is 1.94 bits per heavy atom. The molecule has 0 aromatic carbocycles. The first kappa shape index (κ1) is 13.1. The molecule has 16 heavy (non-hydrogen) atoms. The molecule has 2 aliphatic heterocycles. The Morgan fingerprint density at radius 3 is 2.62 bits per heavy atom. The number of hydrogen-bond donors (Lipinski definition) is 1. The standard InChI is InChI=1S/C13H25NS2/c1-10-5-6-14(8-12(15)7-10)13-4-3-11(2)9-16-13/h10-13,15H,3-9H2,1-2H3. The summed E-state index contributed by atoms with van der Waals surface area (Å²) in [6.45, 7) is 7.27. The van der Waals surface area contributed by atoms with E-state index in [9.17, 15) is 0 Å². The molecule has 3 heteroatoms. The maximum atomic E-state index is 4.74. The second kappa shape index (κ2) is 6.01. The van der Waals surface area contributed by atoms with Gasteiger partial charge in [0.2, 0.25) is 0 Å². The Labute approximate surface area is 110 Å². The van der Waals surface area contributed by atoms with Gasteiger partial charge in [-0.05, 0) is 49.8 Å². The van der Waals surface area contributed by atoms with Crippen molar-refractivity contribution >= 4 is 24.4 Å². The third-order valence-electron chi connectivity index (χ3n) is 3.92. The minimum Gasteiger partial charge on any atom is -0.290 e. The van der Waals surface area contributed by atoms with Crippen molar-refractivity contribution in [1.29, 1.82) is 0 Å². The molecule has 4 unspecified atom stereocenters. The van der Waals surface area contributed by atoms with Gasteiger partial charge in [0.05, 0.1) is 5.37 Å². The summed E-state index contributed by atoms with van der Waals surface area (Å²) in [7, 11) is 0. The van der Waals surface area contributed by atoms with Crippen LogP contribution in [0.25, 0.3) is 0 Å². The fourth-order valence-corrected chi connectivity index (χ4v) is 4.82. The van der Waals surface area contributed by atoms with E-state index < -0.39 is 0 Å². The Morgan fingerprint density at radius 1 is 1.12 bits per heavy atom. The number of thiol groups is 1. The van der Waals surface area contributed by atoms with E-state index in [1.807, 2.05) is 0 Å². The molecule has 2 rings (SSSR count). The van der Waals surface area contributed by atoms with Crippen LogP contribution in [0.4, 0.5) is 0 Å². The van der Waals surface area contributed by atoms with Gasteiger partial charge in [-0.15, -0.1) is 11.8 Å². The van der Waals surface area contributed by atoms with Crippen LogP contribution in [-0.4, -0.2) is 34.4 Å². The molecule has 4 atom stereocenters. The zero-order chi connectivity index (χ0) is 11.5. The van der Waals surface area contributed by atoms with E-state index in [2.05, 4.69) is 30.5 Å². The van der Waals surface area contributed by atoms with E-state index in [-0.39, 0.29) is 0 Å². The lowest BCUT2D eigenvalue weighted by molar-refractivity contribution is 0.243. The number of hydrogen-bond acceptors (Lipinski definition) is 3. The van der Waals surface area contributed by atoms with E-state index in [0.717, 1.165) is 17.2 Å². The van der Waals surface area contributed by atoms with Crippen LogP contribution in [0.15, 0.2) is 0 Å². The lowest BCUT2D eigenvalue weighted by atomic mass is 10.0. The van der Waals surface area contributed by atoms with Crippen molar-refractivity contribution in [3.05, 3.63) is 0 Å². The summed E-state index contributed by atoms with van der Waals surface area (Å²) in [5.74, 6) is 3.15. The fraction of sp³-hybridized carbons (Fsp3) is 1.00. The molecule has 0 aromatic heterocycles. The number of nitrogens with zero attached hydrogens (tertiary/aromatic N) is 1. The number of likely N-dealkylation sites (tertiary alicyclic amines) is 1. The van der Waals surface area contributed by atoms with Crippen LogP contribution >= 0.6 is 24.4 Å². The Balaban J connectivity index is 1.88. The monoisotopic (exact) mass is 259 g/mol. The van der Waals surface area contributed by atoms with Crippen molar-refractivity contribution in [3.63, 3.8) is 0 Å². The van der Waals surface area contributed by atoms with Gasteiger partial charge in [0, 0.05) is 11.8 Å². The SMILES string of the molecule is CC1CCC(N2CCC(C)CC(S)C2)SC1. The molecule has 0 saturated carbocycles. The first-order valence-corrected chi connectivity index (χ1v) is 8.25. The van der Waals surface area contributed by atoms with Gasteiger partial charge in [-0.2, -0.15) is 12.6 Å². The number of rotatable bonds is 1. The topological polar surface area (TPSA) is 3.24 Å². The highest BCUT2D eigenvalue weighted by Crippen LogP contribution is 2.33. The Bertz CT molecular complexity index is 214. The highest BCUT2D eigenvalue weighted by molar-refractivity contribution is 7.99. The average molecular weight is 259 g/mol. The molecule has 2 aliphatic rings. The van der Waals surface area contributed by atoms with Gasteiger partial charge in [0.1, 0.15) is 0 Å². The molecular weight excluding hydrogens is 234 g/mol. The second-order valence-electron chi connectivity index (χ2n) is 5.75. The average Bonchev–Trinajstić information content (AvgIpc) is 2.41. The van der Waals surface area contributed by atoms with Crippen molar-refractivity contribution in [2.24, 2.45) is 11.8 Å². The third-order valence-corrected chi connectivity index (χ3v) is 5.97. The molecule has 0 N–H and O–H groups in total. The predicted molar refractivity (Wildman–Crippen MR) is 77.4 cm³/mol. The van der Waals surface area contributed by atoms with E-state index in [0.29, 0.717) is 5.25 Å². The molecule has 2 heterocycles. The number of thioether (sulfide) groups is 1. The summed E-state index contributed by atoms with van der Waals surface area (Å²) in [6.07, 6.45) is 5.47. The van der Waals surface area contributed by atoms with E-state index >= 15 is 0 Å². The largest absolute Gasteiger partial charge is 0.290 e. The minimum atomic E-state index is 0.595. The third kappa shape index (κ3) is 3.58. The van der Waals surface area contributed by atoms with Gasteiger partial charge in [0.15, 0.2) is 0 Å². The molecule has 2 saturated heterocycles. The first-order chi connectivity index (χ1) is 7.65. The Hall–Kier alpha value is 0.660. The van der Waals surface area contributed by atoms with Crippen molar-refractivity contribution in [1.82, 2.24) is 4.90 Å². The molecule has 0 bridgehead atoms. The summed E-state index contributed by atoms with van der Waals surface area (Å²) in [5.41, 5.74) is 0. The molecule has 0 spiro atoms. The summed E-state index contributed by atoms with van der Waals surface area (Å²) in [6, 6.07) is 0. The Kier molecular flexibility index (Phi) is 4.92. The maximum absolute atomic E-state index is 4.74. The maximum Gasteiger partial charge on any atom is 0.0557 e. The fourth-order valence-electron chi connectivity index (χ4n) is 2.82. The normalized spacial score (nSPS) is 42.9. The van der Waals surface area contributed by atoms with Crippen molar-refractivity contribution in [2.45, 2.75) is 50.2 Å². The minimum absolute atomic E-state index is 0.595. The molecule has 0 radical (unpaired) electrons. The quantitative estimate of drug-likeness (QED) is 0.718. The van der Waals surface area contributed by atoms with Crippen LogP contribution < -0.4 is 0 Å². The van der Waals surface area contributed by atoms with Crippen LogP contribution in [0, 0.1) is 11.8 Å².